The summed E-state index contributed by atoms with van der Waals surface area (Å²) in [5, 5.41) is 4.09. The van der Waals surface area contributed by atoms with Gasteiger partial charge in [0, 0.05) is 54.1 Å². The predicted octanol–water partition coefficient (Wildman–Crippen LogP) is 4.74. The zero-order valence-corrected chi connectivity index (χ0v) is 19.1. The topological polar surface area (TPSA) is 61.9 Å². The highest BCUT2D eigenvalue weighted by Gasteiger charge is 2.43. The van der Waals surface area contributed by atoms with Gasteiger partial charge in [0.25, 0.3) is 5.91 Å². The van der Waals surface area contributed by atoms with E-state index in [9.17, 15) is 22.8 Å². The van der Waals surface area contributed by atoms with E-state index in [2.05, 4.69) is 10.1 Å². The maximum atomic E-state index is 12.6. The molecule has 1 atom stereocenters. The summed E-state index contributed by atoms with van der Waals surface area (Å²) in [5.74, 6) is -2.14. The van der Waals surface area contributed by atoms with Crippen molar-refractivity contribution in [2.24, 2.45) is 0 Å². The molecule has 1 unspecified atom stereocenters. The summed E-state index contributed by atoms with van der Waals surface area (Å²) in [6, 6.07) is 14.8. The Hall–Kier alpha value is -2.94. The van der Waals surface area contributed by atoms with Crippen LogP contribution in [0.3, 0.4) is 0 Å². The Balaban J connectivity index is 1.24. The molecular formula is C24H25ClF3N3O3. The van der Waals surface area contributed by atoms with Gasteiger partial charge in [0.15, 0.2) is 0 Å². The number of halogens is 4. The van der Waals surface area contributed by atoms with Gasteiger partial charge in [-0.3, -0.25) is 4.79 Å². The Labute approximate surface area is 200 Å². The predicted molar refractivity (Wildman–Crippen MR) is 123 cm³/mol. The zero-order valence-electron chi connectivity index (χ0n) is 18.4. The van der Waals surface area contributed by atoms with Gasteiger partial charge in [0.1, 0.15) is 6.10 Å². The molecule has 4 rings (SSSR count). The number of nitrogens with one attached hydrogen (secondary N) is 1. The van der Waals surface area contributed by atoms with Crippen LogP contribution in [0.1, 0.15) is 29.6 Å². The summed E-state index contributed by atoms with van der Waals surface area (Å²) in [4.78, 5) is 27.4. The number of hydrogen-bond acceptors (Lipinski definition) is 5. The Morgan fingerprint density at radius 2 is 1.59 bits per heavy atom. The highest BCUT2D eigenvalue weighted by atomic mass is 35.5. The number of anilines is 2. The molecule has 2 saturated heterocycles. The van der Waals surface area contributed by atoms with Gasteiger partial charge in [-0.1, -0.05) is 11.6 Å². The van der Waals surface area contributed by atoms with Gasteiger partial charge >= 0.3 is 12.1 Å². The van der Waals surface area contributed by atoms with Crippen molar-refractivity contribution in [1.82, 2.24) is 4.90 Å². The van der Waals surface area contributed by atoms with E-state index in [4.69, 9.17) is 11.6 Å². The molecule has 0 aliphatic carbocycles. The van der Waals surface area contributed by atoms with E-state index in [1.807, 2.05) is 34.1 Å². The van der Waals surface area contributed by atoms with E-state index in [1.54, 1.807) is 24.3 Å². The van der Waals surface area contributed by atoms with Gasteiger partial charge in [0.2, 0.25) is 0 Å². The Kier molecular flexibility index (Phi) is 7.21. The maximum absolute atomic E-state index is 12.6. The molecule has 2 heterocycles. The molecule has 2 aromatic carbocycles. The molecule has 0 radical (unpaired) electrons. The molecule has 1 amide bonds. The molecule has 34 heavy (non-hydrogen) atoms. The van der Waals surface area contributed by atoms with Gasteiger partial charge in [-0.15, -0.1) is 0 Å². The van der Waals surface area contributed by atoms with Crippen LogP contribution >= 0.6 is 11.6 Å². The van der Waals surface area contributed by atoms with Crippen molar-refractivity contribution in [1.29, 1.82) is 0 Å². The lowest BCUT2D eigenvalue weighted by Gasteiger charge is -2.33. The monoisotopic (exact) mass is 495 g/mol. The fourth-order valence-electron chi connectivity index (χ4n) is 4.28. The van der Waals surface area contributed by atoms with Crippen LogP contribution in [0.15, 0.2) is 48.5 Å². The van der Waals surface area contributed by atoms with E-state index in [1.165, 1.54) is 0 Å². The molecule has 0 spiro atoms. The number of rotatable bonds is 5. The molecule has 2 aromatic rings. The van der Waals surface area contributed by atoms with Crippen LogP contribution in [0.4, 0.5) is 24.5 Å². The number of amides is 1. The number of ether oxygens (including phenoxy) is 1. The second-order valence-corrected chi connectivity index (χ2v) is 8.96. The number of carbonyl (C=O) groups is 2. The second-order valence-electron chi connectivity index (χ2n) is 8.52. The molecule has 2 fully saturated rings. The van der Waals surface area contributed by atoms with Crippen LogP contribution < -0.4 is 10.2 Å². The number of benzene rings is 2. The first kappa shape index (κ1) is 24.2. The van der Waals surface area contributed by atoms with E-state index < -0.39 is 18.2 Å². The third-order valence-electron chi connectivity index (χ3n) is 6.13. The number of esters is 1. The number of hydrogen-bond donors (Lipinski definition) is 1. The third-order valence-corrected chi connectivity index (χ3v) is 6.38. The normalized spacial score (nSPS) is 19.2. The molecule has 2 aliphatic heterocycles. The zero-order chi connectivity index (χ0) is 24.3. The highest BCUT2D eigenvalue weighted by Crippen LogP contribution is 2.27. The second kappa shape index (κ2) is 10.1. The van der Waals surface area contributed by atoms with Crippen LogP contribution in [0, 0.1) is 0 Å². The largest absolute Gasteiger partial charge is 0.490 e. The minimum absolute atomic E-state index is 0.00398. The fraction of sp³-hybridized carbons (Fsp3) is 0.417. The smallest absolute Gasteiger partial charge is 0.454 e. The maximum Gasteiger partial charge on any atom is 0.490 e. The van der Waals surface area contributed by atoms with Gasteiger partial charge in [-0.25, -0.2) is 4.79 Å². The fourth-order valence-corrected chi connectivity index (χ4v) is 4.41. The molecule has 182 valence electrons. The van der Waals surface area contributed by atoms with Crippen LogP contribution in [0.25, 0.3) is 0 Å². The van der Waals surface area contributed by atoms with Gasteiger partial charge in [-0.05, 0) is 61.4 Å². The van der Waals surface area contributed by atoms with Crippen molar-refractivity contribution in [3.05, 3.63) is 59.1 Å². The summed E-state index contributed by atoms with van der Waals surface area (Å²) < 4.78 is 41.7. The van der Waals surface area contributed by atoms with Crippen LogP contribution in [0.5, 0.6) is 0 Å². The molecule has 2 aliphatic rings. The first-order chi connectivity index (χ1) is 16.2. The summed E-state index contributed by atoms with van der Waals surface area (Å²) in [5.41, 5.74) is 2.42. The van der Waals surface area contributed by atoms with Gasteiger partial charge in [0.05, 0.1) is 6.54 Å². The van der Waals surface area contributed by atoms with Gasteiger partial charge < -0.3 is 19.9 Å². The lowest BCUT2D eigenvalue weighted by molar-refractivity contribution is -0.203. The van der Waals surface area contributed by atoms with E-state index >= 15 is 0 Å². The number of nitrogens with zero attached hydrogens (tertiary/aromatic N) is 2. The lowest BCUT2D eigenvalue weighted by Crippen LogP contribution is -2.42. The van der Waals surface area contributed by atoms with E-state index in [0.29, 0.717) is 36.6 Å². The molecule has 0 aromatic heterocycles. The van der Waals surface area contributed by atoms with Crippen LogP contribution in [-0.4, -0.2) is 61.3 Å². The van der Waals surface area contributed by atoms with Crippen molar-refractivity contribution in [2.75, 3.05) is 36.4 Å². The van der Waals surface area contributed by atoms with Crippen molar-refractivity contribution in [3.8, 4) is 0 Å². The van der Waals surface area contributed by atoms with E-state index in [0.717, 1.165) is 24.2 Å². The number of likely N-dealkylation sites (tertiary alicyclic amines) is 1. The van der Waals surface area contributed by atoms with Crippen LogP contribution in [0.2, 0.25) is 5.02 Å². The third kappa shape index (κ3) is 5.94. The summed E-state index contributed by atoms with van der Waals surface area (Å²) in [6.07, 6.45) is -3.75. The van der Waals surface area contributed by atoms with Crippen LogP contribution in [-0.2, 0) is 9.53 Å². The lowest BCUT2D eigenvalue weighted by atomic mass is 10.0. The molecule has 0 saturated carbocycles. The summed E-state index contributed by atoms with van der Waals surface area (Å²) >= 11 is 5.89. The summed E-state index contributed by atoms with van der Waals surface area (Å²) in [6.45, 7) is 2.06. The molecule has 6 nitrogen and oxygen atoms in total. The molecule has 0 bridgehead atoms. The first-order valence-corrected chi connectivity index (χ1v) is 11.5. The molecular weight excluding hydrogens is 471 g/mol. The van der Waals surface area contributed by atoms with Crippen molar-refractivity contribution >= 4 is 34.9 Å². The van der Waals surface area contributed by atoms with Crippen molar-refractivity contribution < 1.29 is 27.5 Å². The Morgan fingerprint density at radius 1 is 0.941 bits per heavy atom. The minimum atomic E-state index is -4.97. The average molecular weight is 496 g/mol. The van der Waals surface area contributed by atoms with Crippen molar-refractivity contribution in [3.63, 3.8) is 0 Å². The number of carbonyl (C=O) groups excluding carboxylic acids is 2. The average Bonchev–Trinajstić information content (AvgIpc) is 3.28. The van der Waals surface area contributed by atoms with E-state index in [-0.39, 0.29) is 18.5 Å². The minimum Gasteiger partial charge on any atom is -0.454 e. The standard InChI is InChI=1S/C24H25ClF3N3O3/c25-17-3-1-16(2-4-17)22(32)30-12-9-19(10-13-30)29-18-5-7-20(8-6-18)31-14-11-21(15-31)34-23(33)24(26,27)28/h1-8,19,21,29H,9-15H2. The Morgan fingerprint density at radius 3 is 2.21 bits per heavy atom. The summed E-state index contributed by atoms with van der Waals surface area (Å²) in [7, 11) is 0. The van der Waals surface area contributed by atoms with Gasteiger partial charge in [-0.2, -0.15) is 13.2 Å². The molecule has 1 N–H and O–H groups in total. The quantitative estimate of drug-likeness (QED) is 0.607. The molecule has 10 heteroatoms. The first-order valence-electron chi connectivity index (χ1n) is 11.1. The number of piperidine rings is 1. The number of alkyl halides is 3. The van der Waals surface area contributed by atoms with Crippen molar-refractivity contribution in [2.45, 2.75) is 37.6 Å². The Bertz CT molecular complexity index is 1010. The highest BCUT2D eigenvalue weighted by molar-refractivity contribution is 6.30. The SMILES string of the molecule is O=C(c1ccc(Cl)cc1)N1CCC(Nc2ccc(N3CCC(OC(=O)C(F)(F)F)C3)cc2)CC1.